The van der Waals surface area contributed by atoms with Crippen LogP contribution in [0.5, 0.6) is 5.75 Å². The van der Waals surface area contributed by atoms with E-state index in [1.807, 2.05) is 19.9 Å². The Morgan fingerprint density at radius 2 is 2.21 bits per heavy atom. The predicted octanol–water partition coefficient (Wildman–Crippen LogP) is 2.35. The lowest BCUT2D eigenvalue weighted by Gasteiger charge is -2.49. The number of nitrogens with one attached hydrogen (secondary N) is 1. The van der Waals surface area contributed by atoms with Crippen LogP contribution in [0.2, 0.25) is 0 Å². The smallest absolute Gasteiger partial charge is 0.255 e. The third kappa shape index (κ3) is 2.62. The Hall–Kier alpha value is -1.07. The molecule has 2 rings (SSSR count). The molecule has 0 aliphatic heterocycles. The fourth-order valence-electron chi connectivity index (χ4n) is 2.24. The van der Waals surface area contributed by atoms with Crippen molar-refractivity contribution >= 4 is 21.8 Å². The van der Waals surface area contributed by atoms with Gasteiger partial charge < -0.3 is 15.2 Å². The Kier molecular flexibility index (Phi) is 3.87. The van der Waals surface area contributed by atoms with Gasteiger partial charge in [0.05, 0.1) is 18.8 Å². The highest BCUT2D eigenvalue weighted by molar-refractivity contribution is 9.10. The number of benzene rings is 1. The van der Waals surface area contributed by atoms with Gasteiger partial charge in [-0.05, 0) is 24.6 Å². The molecule has 1 amide bonds. The molecule has 0 saturated heterocycles. The highest BCUT2D eigenvalue weighted by Gasteiger charge is 2.48. The number of rotatable bonds is 3. The number of aliphatic hydroxyl groups is 1. The van der Waals surface area contributed by atoms with E-state index >= 15 is 0 Å². The number of carbonyl (C=O) groups is 1. The Morgan fingerprint density at radius 3 is 2.74 bits per heavy atom. The fraction of sp³-hybridized carbons (Fsp3) is 0.500. The molecule has 1 aromatic carbocycles. The van der Waals surface area contributed by atoms with E-state index in [0.717, 1.165) is 4.47 Å². The normalized spacial score (nSPS) is 24.5. The van der Waals surface area contributed by atoms with E-state index < -0.39 is 0 Å². The van der Waals surface area contributed by atoms with Gasteiger partial charge in [0, 0.05) is 15.9 Å². The van der Waals surface area contributed by atoms with E-state index in [-0.39, 0.29) is 23.5 Å². The first kappa shape index (κ1) is 14.3. The van der Waals surface area contributed by atoms with Crippen LogP contribution in [0.15, 0.2) is 22.7 Å². The summed E-state index contributed by atoms with van der Waals surface area (Å²) in [6.07, 6.45) is 0.233. The molecular formula is C14H18BrNO3. The molecule has 1 aliphatic carbocycles. The summed E-state index contributed by atoms with van der Waals surface area (Å²) in [5.74, 6) is 0.363. The number of methoxy groups -OCH3 is 1. The molecule has 1 saturated carbocycles. The molecule has 1 aliphatic rings. The Morgan fingerprint density at radius 1 is 1.53 bits per heavy atom. The second-order valence-electron chi connectivity index (χ2n) is 5.44. The monoisotopic (exact) mass is 327 g/mol. The van der Waals surface area contributed by atoms with Crippen LogP contribution in [0.4, 0.5) is 0 Å². The van der Waals surface area contributed by atoms with Crippen molar-refractivity contribution in [3.63, 3.8) is 0 Å². The Balaban J connectivity index is 2.15. The molecule has 4 nitrogen and oxygen atoms in total. The standard InChI is InChI=1S/C14H18BrNO3/c1-14(2)11(7-12(14)17)16-13(18)9-6-8(15)4-5-10(9)19-3/h4-6,11-12,17H,7H2,1-3H3,(H,16,18). The molecule has 1 fully saturated rings. The Bertz CT molecular complexity index is 501. The average molecular weight is 328 g/mol. The Labute approximate surface area is 121 Å². The van der Waals surface area contributed by atoms with Gasteiger partial charge in [-0.15, -0.1) is 0 Å². The lowest BCUT2D eigenvalue weighted by Crippen LogP contribution is -2.61. The van der Waals surface area contributed by atoms with Gasteiger partial charge in [0.2, 0.25) is 0 Å². The number of hydrogen-bond acceptors (Lipinski definition) is 3. The maximum absolute atomic E-state index is 12.3. The van der Waals surface area contributed by atoms with E-state index in [4.69, 9.17) is 4.74 Å². The summed E-state index contributed by atoms with van der Waals surface area (Å²) in [6.45, 7) is 3.90. The minimum atomic E-state index is -0.359. The number of hydrogen-bond donors (Lipinski definition) is 2. The third-order valence-electron chi connectivity index (χ3n) is 3.93. The minimum Gasteiger partial charge on any atom is -0.496 e. The predicted molar refractivity (Wildman–Crippen MR) is 76.4 cm³/mol. The first-order valence-electron chi connectivity index (χ1n) is 6.18. The molecule has 2 N–H and O–H groups in total. The van der Waals surface area contributed by atoms with Crippen LogP contribution >= 0.6 is 15.9 Å². The summed E-state index contributed by atoms with van der Waals surface area (Å²) in [5.41, 5.74) is 0.212. The number of ether oxygens (including phenoxy) is 1. The zero-order chi connectivity index (χ0) is 14.2. The fourth-order valence-corrected chi connectivity index (χ4v) is 2.60. The highest BCUT2D eigenvalue weighted by Crippen LogP contribution is 2.40. The quantitative estimate of drug-likeness (QED) is 0.895. The van der Waals surface area contributed by atoms with E-state index in [0.29, 0.717) is 17.7 Å². The van der Waals surface area contributed by atoms with Crippen molar-refractivity contribution in [3.8, 4) is 5.75 Å². The van der Waals surface area contributed by atoms with E-state index in [2.05, 4.69) is 21.2 Å². The number of carbonyl (C=O) groups excluding carboxylic acids is 1. The molecule has 0 bridgehead atoms. The molecule has 1 aromatic rings. The SMILES string of the molecule is COc1ccc(Br)cc1C(=O)NC1CC(O)C1(C)C. The summed E-state index contributed by atoms with van der Waals surface area (Å²) in [4.78, 5) is 12.3. The first-order chi connectivity index (χ1) is 8.86. The van der Waals surface area contributed by atoms with Crippen LogP contribution in [0, 0.1) is 5.41 Å². The molecule has 0 radical (unpaired) electrons. The number of amides is 1. The summed E-state index contributed by atoms with van der Waals surface area (Å²) in [6, 6.07) is 5.29. The van der Waals surface area contributed by atoms with E-state index in [9.17, 15) is 9.90 Å². The van der Waals surface area contributed by atoms with Crippen LogP contribution in [-0.2, 0) is 0 Å². The van der Waals surface area contributed by atoms with Crippen LogP contribution in [0.1, 0.15) is 30.6 Å². The van der Waals surface area contributed by atoms with E-state index in [1.165, 1.54) is 7.11 Å². The van der Waals surface area contributed by atoms with Gasteiger partial charge in [-0.25, -0.2) is 0 Å². The van der Waals surface area contributed by atoms with Gasteiger partial charge in [-0.3, -0.25) is 4.79 Å². The van der Waals surface area contributed by atoms with Crippen molar-refractivity contribution in [1.29, 1.82) is 0 Å². The van der Waals surface area contributed by atoms with Gasteiger partial charge in [-0.1, -0.05) is 29.8 Å². The van der Waals surface area contributed by atoms with Crippen molar-refractivity contribution in [2.75, 3.05) is 7.11 Å². The average Bonchev–Trinajstić information content (AvgIpc) is 2.38. The maximum Gasteiger partial charge on any atom is 0.255 e. The second kappa shape index (κ2) is 5.13. The van der Waals surface area contributed by atoms with Crippen LogP contribution in [-0.4, -0.2) is 30.3 Å². The van der Waals surface area contributed by atoms with Crippen molar-refractivity contribution in [2.24, 2.45) is 5.41 Å². The first-order valence-corrected chi connectivity index (χ1v) is 6.98. The summed E-state index contributed by atoms with van der Waals surface area (Å²) >= 11 is 3.35. The zero-order valence-corrected chi connectivity index (χ0v) is 12.8. The lowest BCUT2D eigenvalue weighted by atomic mass is 9.64. The zero-order valence-electron chi connectivity index (χ0n) is 11.2. The third-order valence-corrected chi connectivity index (χ3v) is 4.42. The summed E-state index contributed by atoms with van der Waals surface area (Å²) in [7, 11) is 1.54. The molecule has 2 unspecified atom stereocenters. The minimum absolute atomic E-state index is 0.0151. The van der Waals surface area contributed by atoms with Crippen molar-refractivity contribution < 1.29 is 14.6 Å². The van der Waals surface area contributed by atoms with Crippen LogP contribution in [0.25, 0.3) is 0 Å². The summed E-state index contributed by atoms with van der Waals surface area (Å²) in [5, 5.41) is 12.6. The molecule has 19 heavy (non-hydrogen) atoms. The molecule has 0 spiro atoms. The van der Waals surface area contributed by atoms with Gasteiger partial charge in [0.25, 0.3) is 5.91 Å². The number of halogens is 1. The maximum atomic E-state index is 12.3. The van der Waals surface area contributed by atoms with Crippen LogP contribution < -0.4 is 10.1 Å². The van der Waals surface area contributed by atoms with Crippen molar-refractivity contribution in [3.05, 3.63) is 28.2 Å². The largest absolute Gasteiger partial charge is 0.496 e. The van der Waals surface area contributed by atoms with Crippen LogP contribution in [0.3, 0.4) is 0 Å². The topological polar surface area (TPSA) is 58.6 Å². The molecule has 0 heterocycles. The lowest BCUT2D eigenvalue weighted by molar-refractivity contribution is -0.0689. The second-order valence-corrected chi connectivity index (χ2v) is 6.36. The highest BCUT2D eigenvalue weighted by atomic mass is 79.9. The molecule has 104 valence electrons. The van der Waals surface area contributed by atoms with E-state index in [1.54, 1.807) is 12.1 Å². The van der Waals surface area contributed by atoms with Gasteiger partial charge >= 0.3 is 0 Å². The van der Waals surface area contributed by atoms with Crippen molar-refractivity contribution in [1.82, 2.24) is 5.32 Å². The molecule has 5 heteroatoms. The van der Waals surface area contributed by atoms with Crippen molar-refractivity contribution in [2.45, 2.75) is 32.4 Å². The van der Waals surface area contributed by atoms with Gasteiger partial charge in [0.1, 0.15) is 5.75 Å². The number of aliphatic hydroxyl groups excluding tert-OH is 1. The molecular weight excluding hydrogens is 310 g/mol. The molecule has 2 atom stereocenters. The molecule has 0 aromatic heterocycles. The summed E-state index contributed by atoms with van der Waals surface area (Å²) < 4.78 is 6.02. The van der Waals surface area contributed by atoms with Gasteiger partial charge in [-0.2, -0.15) is 0 Å². The van der Waals surface area contributed by atoms with Gasteiger partial charge in [0.15, 0.2) is 0 Å².